The van der Waals surface area contributed by atoms with Gasteiger partial charge in [0, 0.05) is 16.3 Å². The fourth-order valence-corrected chi connectivity index (χ4v) is 1.90. The molecule has 3 N–H and O–H groups in total. The second-order valence-corrected chi connectivity index (χ2v) is 4.53. The normalized spacial score (nSPS) is 10.4. The van der Waals surface area contributed by atoms with Gasteiger partial charge < -0.3 is 10.2 Å². The lowest BCUT2D eigenvalue weighted by molar-refractivity contribution is 0.416. The van der Waals surface area contributed by atoms with Crippen molar-refractivity contribution < 1.29 is 4.74 Å². The van der Waals surface area contributed by atoms with Gasteiger partial charge in [0.25, 0.3) is 0 Å². The molecular weight excluding hydrogens is 264 g/mol. The summed E-state index contributed by atoms with van der Waals surface area (Å²) in [5.41, 5.74) is 5.12. The summed E-state index contributed by atoms with van der Waals surface area (Å²) in [5, 5.41) is 0.599. The van der Waals surface area contributed by atoms with Crippen molar-refractivity contribution in [2.75, 3.05) is 12.5 Å². The quantitative estimate of drug-likeness (QED) is 0.667. The van der Waals surface area contributed by atoms with Gasteiger partial charge in [-0.15, -0.1) is 0 Å². The van der Waals surface area contributed by atoms with Gasteiger partial charge in [0.2, 0.25) is 0 Å². The van der Waals surface area contributed by atoms with Crippen molar-refractivity contribution in [2.24, 2.45) is 5.84 Å². The number of hydrogen-bond acceptors (Lipinski definition) is 5. The number of nitrogen functional groups attached to an aromatic ring is 1. The van der Waals surface area contributed by atoms with E-state index in [1.807, 2.05) is 19.9 Å². The number of benzene rings is 1. The zero-order valence-corrected chi connectivity index (χ0v) is 11.7. The van der Waals surface area contributed by atoms with Crippen LogP contribution in [0.5, 0.6) is 5.75 Å². The summed E-state index contributed by atoms with van der Waals surface area (Å²) in [6, 6.07) is 5.32. The minimum Gasteiger partial charge on any atom is -0.496 e. The van der Waals surface area contributed by atoms with Crippen LogP contribution in [0.2, 0.25) is 5.02 Å². The van der Waals surface area contributed by atoms with Gasteiger partial charge in [0.15, 0.2) is 5.82 Å². The number of nitrogens with one attached hydrogen (secondary N) is 1. The van der Waals surface area contributed by atoms with E-state index in [2.05, 4.69) is 15.4 Å². The largest absolute Gasteiger partial charge is 0.496 e. The maximum absolute atomic E-state index is 5.94. The molecule has 1 heterocycles. The smallest absolute Gasteiger partial charge is 0.165 e. The zero-order valence-electron chi connectivity index (χ0n) is 11.0. The third-order valence-corrected chi connectivity index (χ3v) is 3.17. The van der Waals surface area contributed by atoms with Crippen molar-refractivity contribution >= 4 is 17.4 Å². The molecule has 0 saturated carbocycles. The van der Waals surface area contributed by atoms with Gasteiger partial charge in [-0.05, 0) is 32.0 Å². The number of anilines is 1. The number of rotatable bonds is 3. The summed E-state index contributed by atoms with van der Waals surface area (Å²) < 4.78 is 5.31. The monoisotopic (exact) mass is 278 g/mol. The highest BCUT2D eigenvalue weighted by molar-refractivity contribution is 6.30. The molecule has 0 fully saturated rings. The summed E-state index contributed by atoms with van der Waals surface area (Å²) in [6.07, 6.45) is 0. The van der Waals surface area contributed by atoms with E-state index in [0.29, 0.717) is 22.4 Å². The third kappa shape index (κ3) is 2.62. The summed E-state index contributed by atoms with van der Waals surface area (Å²) in [6.45, 7) is 3.82. The van der Waals surface area contributed by atoms with E-state index in [4.69, 9.17) is 22.2 Å². The van der Waals surface area contributed by atoms with Crippen LogP contribution >= 0.6 is 11.6 Å². The van der Waals surface area contributed by atoms with Crippen LogP contribution in [0.3, 0.4) is 0 Å². The first kappa shape index (κ1) is 13.6. The number of ether oxygens (including phenoxy) is 1. The van der Waals surface area contributed by atoms with Gasteiger partial charge in [0.1, 0.15) is 11.6 Å². The van der Waals surface area contributed by atoms with Gasteiger partial charge in [0.05, 0.1) is 12.7 Å². The fourth-order valence-electron chi connectivity index (χ4n) is 1.74. The fraction of sp³-hybridized carbons (Fsp3) is 0.231. The second kappa shape index (κ2) is 5.42. The van der Waals surface area contributed by atoms with E-state index in [-0.39, 0.29) is 0 Å². The van der Waals surface area contributed by atoms with Gasteiger partial charge in [-0.2, -0.15) is 0 Å². The lowest BCUT2D eigenvalue weighted by atomic mass is 10.1. The van der Waals surface area contributed by atoms with E-state index >= 15 is 0 Å². The van der Waals surface area contributed by atoms with Crippen LogP contribution in [-0.2, 0) is 0 Å². The summed E-state index contributed by atoms with van der Waals surface area (Å²) in [7, 11) is 1.58. The van der Waals surface area contributed by atoms with Crippen LogP contribution < -0.4 is 16.0 Å². The molecule has 1 aromatic heterocycles. The van der Waals surface area contributed by atoms with Crippen molar-refractivity contribution in [3.63, 3.8) is 0 Å². The molecule has 1 aromatic carbocycles. The molecule has 2 aromatic rings. The molecule has 5 nitrogen and oxygen atoms in total. The molecule has 0 aliphatic heterocycles. The molecule has 0 saturated heterocycles. The number of hydrogen-bond donors (Lipinski definition) is 2. The third-order valence-electron chi connectivity index (χ3n) is 2.93. The van der Waals surface area contributed by atoms with Gasteiger partial charge >= 0.3 is 0 Å². The molecule has 0 spiro atoms. The summed E-state index contributed by atoms with van der Waals surface area (Å²) in [5.74, 6) is 7.24. The maximum atomic E-state index is 5.94. The number of nitrogens with two attached hydrogens (primary N) is 1. The van der Waals surface area contributed by atoms with Crippen molar-refractivity contribution in [3.8, 4) is 17.1 Å². The molecular formula is C13H15ClN4O. The molecule has 0 unspecified atom stereocenters. The maximum Gasteiger partial charge on any atom is 0.165 e. The first-order valence-corrected chi connectivity index (χ1v) is 6.10. The molecule has 19 heavy (non-hydrogen) atoms. The Labute approximate surface area is 116 Å². The number of halogens is 1. The Morgan fingerprint density at radius 2 is 2.00 bits per heavy atom. The standard InChI is InChI=1S/C13H15ClN4O/c1-7-8(2)16-13(17-12(7)18-15)10-5-4-9(14)6-11(10)19-3/h4-6H,15H2,1-3H3,(H,16,17,18). The Hall–Kier alpha value is -1.85. The van der Waals surface area contributed by atoms with Crippen molar-refractivity contribution in [1.29, 1.82) is 0 Å². The topological polar surface area (TPSA) is 73.1 Å². The van der Waals surface area contributed by atoms with Crippen LogP contribution in [0.15, 0.2) is 18.2 Å². The predicted molar refractivity (Wildman–Crippen MR) is 76.3 cm³/mol. The minimum absolute atomic E-state index is 0.546. The van der Waals surface area contributed by atoms with Crippen LogP contribution in [-0.4, -0.2) is 17.1 Å². The predicted octanol–water partition coefficient (Wildman–Crippen LogP) is 2.71. The molecule has 0 amide bonds. The number of nitrogens with zero attached hydrogens (tertiary/aromatic N) is 2. The molecule has 0 bridgehead atoms. The first-order valence-electron chi connectivity index (χ1n) is 5.72. The summed E-state index contributed by atoms with van der Waals surface area (Å²) in [4.78, 5) is 8.85. The minimum atomic E-state index is 0.546. The molecule has 0 radical (unpaired) electrons. The van der Waals surface area contributed by atoms with Crippen LogP contribution in [0.1, 0.15) is 11.3 Å². The van der Waals surface area contributed by atoms with Crippen LogP contribution in [0.25, 0.3) is 11.4 Å². The average Bonchev–Trinajstić information content (AvgIpc) is 2.41. The molecule has 0 aliphatic rings. The van der Waals surface area contributed by atoms with Crippen molar-refractivity contribution in [2.45, 2.75) is 13.8 Å². The highest BCUT2D eigenvalue weighted by Gasteiger charge is 2.13. The average molecular weight is 279 g/mol. The Balaban J connectivity index is 2.62. The molecule has 2 rings (SSSR count). The zero-order chi connectivity index (χ0) is 14.0. The van der Waals surface area contributed by atoms with Crippen molar-refractivity contribution in [3.05, 3.63) is 34.5 Å². The van der Waals surface area contributed by atoms with Crippen LogP contribution in [0.4, 0.5) is 5.82 Å². The lowest BCUT2D eigenvalue weighted by Gasteiger charge is -2.12. The van der Waals surface area contributed by atoms with Crippen LogP contribution in [0, 0.1) is 13.8 Å². The molecule has 100 valence electrons. The Morgan fingerprint density at radius 3 is 2.63 bits per heavy atom. The molecule has 0 atom stereocenters. The number of aromatic nitrogens is 2. The highest BCUT2D eigenvalue weighted by atomic mass is 35.5. The van der Waals surface area contributed by atoms with E-state index in [1.54, 1.807) is 19.2 Å². The van der Waals surface area contributed by atoms with E-state index in [9.17, 15) is 0 Å². The van der Waals surface area contributed by atoms with E-state index < -0.39 is 0 Å². The van der Waals surface area contributed by atoms with E-state index in [1.165, 1.54) is 0 Å². The van der Waals surface area contributed by atoms with Gasteiger partial charge in [-0.3, -0.25) is 0 Å². The number of aryl methyl sites for hydroxylation is 1. The summed E-state index contributed by atoms with van der Waals surface area (Å²) >= 11 is 5.94. The Bertz CT molecular complexity index is 616. The molecule has 6 heteroatoms. The Morgan fingerprint density at radius 1 is 1.26 bits per heavy atom. The lowest BCUT2D eigenvalue weighted by Crippen LogP contribution is -2.12. The van der Waals surface area contributed by atoms with Gasteiger partial charge in [-0.1, -0.05) is 11.6 Å². The second-order valence-electron chi connectivity index (χ2n) is 4.10. The molecule has 0 aliphatic carbocycles. The van der Waals surface area contributed by atoms with Gasteiger partial charge in [-0.25, -0.2) is 15.8 Å². The SMILES string of the molecule is COc1cc(Cl)ccc1-c1nc(C)c(C)c(NN)n1. The Kier molecular flexibility index (Phi) is 3.87. The highest BCUT2D eigenvalue weighted by Crippen LogP contribution is 2.31. The van der Waals surface area contributed by atoms with E-state index in [0.717, 1.165) is 16.8 Å². The van der Waals surface area contributed by atoms with Crippen molar-refractivity contribution in [1.82, 2.24) is 9.97 Å². The first-order chi connectivity index (χ1) is 9.06. The number of methoxy groups -OCH3 is 1. The number of hydrazine groups is 1.